The normalized spacial score (nSPS) is 26.5. The summed E-state index contributed by atoms with van der Waals surface area (Å²) in [6.45, 7) is 4.18. The first-order valence-corrected chi connectivity index (χ1v) is 9.27. The van der Waals surface area contributed by atoms with Gasteiger partial charge in [0, 0.05) is 25.8 Å². The number of nitrogens with two attached hydrogens (primary N) is 1. The molecule has 1 aliphatic carbocycles. The van der Waals surface area contributed by atoms with E-state index in [9.17, 15) is 4.79 Å². The largest absolute Gasteiger partial charge is 0.379 e. The first kappa shape index (κ1) is 18.1. The van der Waals surface area contributed by atoms with E-state index >= 15 is 0 Å². The Balaban J connectivity index is 1.64. The lowest BCUT2D eigenvalue weighted by Crippen LogP contribution is -2.25. The Kier molecular flexibility index (Phi) is 6.20. The fraction of sp³-hybridized carbons (Fsp3) is 0.722. The molecule has 2 heterocycles. The summed E-state index contributed by atoms with van der Waals surface area (Å²) in [6.07, 6.45) is 8.14. The molecule has 0 spiro atoms. The van der Waals surface area contributed by atoms with Crippen LogP contribution in [0.25, 0.3) is 0 Å². The number of ether oxygens (including phenoxy) is 2. The molecule has 2 aliphatic rings. The zero-order valence-corrected chi connectivity index (χ0v) is 14.9. The number of hydrogen-bond acceptors (Lipinski definition) is 6. The Morgan fingerprint density at radius 1 is 1.36 bits per heavy atom. The van der Waals surface area contributed by atoms with Crippen LogP contribution < -0.4 is 11.1 Å². The summed E-state index contributed by atoms with van der Waals surface area (Å²) < 4.78 is 11.1. The lowest BCUT2D eigenvalue weighted by molar-refractivity contribution is 0.0255. The molecule has 0 radical (unpaired) electrons. The lowest BCUT2D eigenvalue weighted by atomic mass is 9.85. The second-order valence-electron chi connectivity index (χ2n) is 6.92. The van der Waals surface area contributed by atoms with E-state index in [1.54, 1.807) is 6.20 Å². The Bertz CT molecular complexity index is 582. The van der Waals surface area contributed by atoms with E-state index in [1.165, 1.54) is 0 Å². The van der Waals surface area contributed by atoms with Gasteiger partial charge in [0.2, 0.25) is 0 Å². The number of anilines is 1. The quantitative estimate of drug-likeness (QED) is 0.781. The number of aromatic nitrogens is 2. The highest BCUT2D eigenvalue weighted by molar-refractivity contribution is 5.97. The van der Waals surface area contributed by atoms with Gasteiger partial charge in [0.15, 0.2) is 0 Å². The first-order valence-electron chi connectivity index (χ1n) is 9.27. The van der Waals surface area contributed by atoms with Gasteiger partial charge in [0.1, 0.15) is 11.6 Å². The summed E-state index contributed by atoms with van der Waals surface area (Å²) in [6, 6.07) is 0.169. The minimum atomic E-state index is -0.509. The molecule has 1 amide bonds. The average molecular weight is 348 g/mol. The number of hydrogen-bond donors (Lipinski definition) is 2. The van der Waals surface area contributed by atoms with Crippen molar-refractivity contribution < 1.29 is 14.3 Å². The topological polar surface area (TPSA) is 99.4 Å². The maximum Gasteiger partial charge on any atom is 0.254 e. The molecule has 25 heavy (non-hydrogen) atoms. The molecule has 0 bridgehead atoms. The average Bonchev–Trinajstić information content (AvgIpc) is 3.10. The molecule has 1 aromatic rings. The second kappa shape index (κ2) is 8.58. The molecule has 1 saturated heterocycles. The van der Waals surface area contributed by atoms with E-state index in [2.05, 4.69) is 15.3 Å². The third kappa shape index (κ3) is 4.89. The highest BCUT2D eigenvalue weighted by Crippen LogP contribution is 2.28. The van der Waals surface area contributed by atoms with Crippen molar-refractivity contribution in [3.63, 3.8) is 0 Å². The van der Waals surface area contributed by atoms with Gasteiger partial charge in [0.05, 0.1) is 24.3 Å². The second-order valence-corrected chi connectivity index (χ2v) is 6.92. The maximum atomic E-state index is 11.7. The van der Waals surface area contributed by atoms with Gasteiger partial charge in [-0.15, -0.1) is 0 Å². The smallest absolute Gasteiger partial charge is 0.254 e. The molecular formula is C18H28N4O3. The fourth-order valence-corrected chi connectivity index (χ4v) is 3.65. The van der Waals surface area contributed by atoms with Gasteiger partial charge in [0.25, 0.3) is 5.91 Å². The van der Waals surface area contributed by atoms with Gasteiger partial charge in [-0.2, -0.15) is 0 Å². The first-order chi connectivity index (χ1) is 12.2. The SMILES string of the molecule is CCOC1CCC(Cc2ncc(C(N)=O)c(N[C@H]3CCOC3)n2)CC1. The number of nitrogens with zero attached hydrogens (tertiary/aromatic N) is 2. The van der Waals surface area contributed by atoms with E-state index in [0.717, 1.165) is 57.6 Å². The molecule has 138 valence electrons. The minimum Gasteiger partial charge on any atom is -0.379 e. The van der Waals surface area contributed by atoms with Crippen LogP contribution in [0.4, 0.5) is 5.82 Å². The van der Waals surface area contributed by atoms with E-state index in [1.807, 2.05) is 6.92 Å². The summed E-state index contributed by atoms with van der Waals surface area (Å²) in [5.41, 5.74) is 5.81. The monoisotopic (exact) mass is 348 g/mol. The molecule has 3 N–H and O–H groups in total. The molecule has 1 atom stereocenters. The highest BCUT2D eigenvalue weighted by atomic mass is 16.5. The molecule has 1 aromatic heterocycles. The van der Waals surface area contributed by atoms with Gasteiger partial charge >= 0.3 is 0 Å². The number of rotatable bonds is 7. The van der Waals surface area contributed by atoms with Crippen LogP contribution in [0.5, 0.6) is 0 Å². The molecule has 1 saturated carbocycles. The van der Waals surface area contributed by atoms with Crippen molar-refractivity contribution in [3.05, 3.63) is 17.6 Å². The van der Waals surface area contributed by atoms with Crippen LogP contribution in [-0.4, -0.2) is 47.8 Å². The van der Waals surface area contributed by atoms with Crippen LogP contribution in [0.1, 0.15) is 55.2 Å². The van der Waals surface area contributed by atoms with Crippen LogP contribution in [0.15, 0.2) is 6.20 Å². The Hall–Kier alpha value is -1.73. The molecule has 3 rings (SSSR count). The standard InChI is InChI=1S/C18H28N4O3/c1-2-25-14-5-3-12(4-6-14)9-16-20-10-15(17(19)23)18(22-16)21-13-7-8-24-11-13/h10,12-14H,2-9,11H2,1H3,(H2,19,23)(H,20,21,22)/t12?,13-,14?/m0/s1. The molecule has 7 heteroatoms. The summed E-state index contributed by atoms with van der Waals surface area (Å²) in [5, 5.41) is 3.30. The summed E-state index contributed by atoms with van der Waals surface area (Å²) in [7, 11) is 0. The predicted octanol–water partition coefficient (Wildman–Crippen LogP) is 1.91. The van der Waals surface area contributed by atoms with Crippen LogP contribution in [0.2, 0.25) is 0 Å². The predicted molar refractivity (Wildman–Crippen MR) is 94.5 cm³/mol. The Morgan fingerprint density at radius 3 is 2.80 bits per heavy atom. The Labute approximate surface area is 148 Å². The number of carbonyl (C=O) groups excluding carboxylic acids is 1. The van der Waals surface area contributed by atoms with Gasteiger partial charge < -0.3 is 20.5 Å². The van der Waals surface area contributed by atoms with Crippen LogP contribution in [-0.2, 0) is 15.9 Å². The molecule has 7 nitrogen and oxygen atoms in total. The zero-order chi connectivity index (χ0) is 17.6. The van der Waals surface area contributed by atoms with Crippen molar-refractivity contribution in [2.24, 2.45) is 11.7 Å². The van der Waals surface area contributed by atoms with Crippen molar-refractivity contribution in [1.82, 2.24) is 9.97 Å². The number of amides is 1. The van der Waals surface area contributed by atoms with Crippen LogP contribution in [0, 0.1) is 5.92 Å². The summed E-state index contributed by atoms with van der Waals surface area (Å²) in [4.78, 5) is 20.6. The van der Waals surface area contributed by atoms with Crippen molar-refractivity contribution in [3.8, 4) is 0 Å². The van der Waals surface area contributed by atoms with Gasteiger partial charge in [-0.25, -0.2) is 9.97 Å². The van der Waals surface area contributed by atoms with Crippen molar-refractivity contribution >= 4 is 11.7 Å². The van der Waals surface area contributed by atoms with Gasteiger partial charge in [-0.05, 0) is 44.9 Å². The van der Waals surface area contributed by atoms with Crippen LogP contribution in [0.3, 0.4) is 0 Å². The minimum absolute atomic E-state index is 0.169. The van der Waals surface area contributed by atoms with E-state index in [4.69, 9.17) is 15.2 Å². The molecular weight excluding hydrogens is 320 g/mol. The van der Waals surface area contributed by atoms with Gasteiger partial charge in [-0.1, -0.05) is 0 Å². The fourth-order valence-electron chi connectivity index (χ4n) is 3.65. The van der Waals surface area contributed by atoms with Crippen molar-refractivity contribution in [2.75, 3.05) is 25.1 Å². The molecule has 0 unspecified atom stereocenters. The zero-order valence-electron chi connectivity index (χ0n) is 14.9. The van der Waals surface area contributed by atoms with E-state index in [0.29, 0.717) is 30.0 Å². The number of carbonyl (C=O) groups is 1. The van der Waals surface area contributed by atoms with Gasteiger partial charge in [-0.3, -0.25) is 4.79 Å². The van der Waals surface area contributed by atoms with E-state index in [-0.39, 0.29) is 6.04 Å². The number of primary amides is 1. The summed E-state index contributed by atoms with van der Waals surface area (Å²) in [5.74, 6) is 1.37. The third-order valence-electron chi connectivity index (χ3n) is 5.04. The van der Waals surface area contributed by atoms with Crippen molar-refractivity contribution in [2.45, 2.75) is 57.6 Å². The van der Waals surface area contributed by atoms with Crippen LogP contribution >= 0.6 is 0 Å². The third-order valence-corrected chi connectivity index (χ3v) is 5.04. The summed E-state index contributed by atoms with van der Waals surface area (Å²) >= 11 is 0. The van der Waals surface area contributed by atoms with Crippen molar-refractivity contribution in [1.29, 1.82) is 0 Å². The molecule has 2 fully saturated rings. The lowest BCUT2D eigenvalue weighted by Gasteiger charge is -2.28. The number of nitrogens with one attached hydrogen (secondary N) is 1. The Morgan fingerprint density at radius 2 is 2.16 bits per heavy atom. The maximum absolute atomic E-state index is 11.7. The molecule has 0 aromatic carbocycles. The van der Waals surface area contributed by atoms with E-state index < -0.39 is 5.91 Å². The molecule has 1 aliphatic heterocycles. The highest BCUT2D eigenvalue weighted by Gasteiger charge is 2.24.